The Morgan fingerprint density at radius 3 is 0.857 bits per heavy atom. The molecule has 0 aliphatic heterocycles. The fourth-order valence-electron chi connectivity index (χ4n) is 14.4. The Kier molecular flexibility index (Phi) is 19.0. The van der Waals surface area contributed by atoms with Crippen LogP contribution in [0.1, 0.15) is 197 Å². The zero-order chi connectivity index (χ0) is 58.8. The van der Waals surface area contributed by atoms with Crippen molar-refractivity contribution >= 4 is 43.8 Å². The van der Waals surface area contributed by atoms with Gasteiger partial charge >= 0.3 is 502 Å². The molecule has 4 heteroatoms. The Morgan fingerprint density at radius 1 is 0.357 bits per heavy atom. The van der Waals surface area contributed by atoms with Gasteiger partial charge in [-0.1, -0.05) is 0 Å². The van der Waals surface area contributed by atoms with E-state index in [9.17, 15) is 0 Å². The average Bonchev–Trinajstić information content (AvgIpc) is 1.78. The molecule has 438 valence electrons. The number of hydrogen-bond donors (Lipinski definition) is 0. The van der Waals surface area contributed by atoms with Crippen molar-refractivity contribution in [3.05, 3.63) is 249 Å². The Bertz CT molecular complexity index is 3490. The second-order valence-corrected chi connectivity index (χ2v) is 60.4. The topological polar surface area (TPSA) is 0 Å². The van der Waals surface area contributed by atoms with E-state index in [0.29, 0.717) is 11.8 Å². The van der Waals surface area contributed by atoms with E-state index in [-0.39, 0.29) is 53.7 Å². The number of fused-ring (bicyclic) bond motifs is 2. The number of benzene rings is 8. The molecule has 8 aromatic rings. The fraction of sp³-hybridized carbons (Fsp3) is 0.350. The molecule has 4 unspecified atom stereocenters. The molecule has 0 nitrogen and oxygen atoms in total. The second kappa shape index (κ2) is 24.6. The second-order valence-electron chi connectivity index (χ2n) is 30.0. The first kappa shape index (κ1) is 64.9. The van der Waals surface area contributed by atoms with Crippen LogP contribution in [0.25, 0.3) is 56.7 Å². The van der Waals surface area contributed by atoms with Crippen LogP contribution in [0.4, 0.5) is 0 Å². The summed E-state index contributed by atoms with van der Waals surface area (Å²) in [5.41, 5.74) is 28.6. The summed E-state index contributed by atoms with van der Waals surface area (Å²) in [6.07, 6.45) is 9.73. The molecule has 0 bridgehead atoms. The van der Waals surface area contributed by atoms with E-state index < -0.39 is 17.4 Å². The molecular formula is C80H96Cl2SiZr. The van der Waals surface area contributed by atoms with Gasteiger partial charge in [0, 0.05) is 0 Å². The molecule has 2 aliphatic rings. The molecule has 84 heavy (non-hydrogen) atoms. The van der Waals surface area contributed by atoms with E-state index in [1.807, 2.05) is 0 Å². The molecule has 0 fully saturated rings. The Hall–Kier alpha value is -5.08. The van der Waals surface area contributed by atoms with E-state index in [1.165, 1.54) is 89.0 Å². The first-order chi connectivity index (χ1) is 38.6. The summed E-state index contributed by atoms with van der Waals surface area (Å²) >= 11 is -4.63. The monoisotopic (exact) mass is 1240 g/mol. The van der Waals surface area contributed by atoms with Gasteiger partial charge in [-0.05, 0) is 0 Å². The van der Waals surface area contributed by atoms with Gasteiger partial charge in [0.25, 0.3) is 0 Å². The van der Waals surface area contributed by atoms with Crippen LogP contribution in [0.2, 0.25) is 9.26 Å². The van der Waals surface area contributed by atoms with E-state index in [1.54, 1.807) is 22.3 Å². The molecular weight excluding hydrogens is 1150 g/mol. The van der Waals surface area contributed by atoms with Crippen LogP contribution in [0.3, 0.4) is 0 Å². The smallest absolute Gasteiger partial charge is 0.147 e. The molecule has 4 atom stereocenters. The predicted molar refractivity (Wildman–Crippen MR) is 374 cm³/mol. The maximum absolute atomic E-state index is 4.63. The number of allylic oxidation sites excluding steroid dienone is 2. The van der Waals surface area contributed by atoms with Crippen molar-refractivity contribution in [3.63, 3.8) is 0 Å². The zero-order valence-electron chi connectivity index (χ0n) is 53.6. The summed E-state index contributed by atoms with van der Waals surface area (Å²) in [7, 11) is 0. The Morgan fingerprint density at radius 2 is 0.607 bits per heavy atom. The predicted octanol–water partition coefficient (Wildman–Crippen LogP) is 23.5. The van der Waals surface area contributed by atoms with Crippen molar-refractivity contribution in [1.29, 1.82) is 0 Å². The minimum absolute atomic E-state index is 0. The quantitative estimate of drug-likeness (QED) is 0.0952. The van der Waals surface area contributed by atoms with E-state index in [2.05, 4.69) is 307 Å². The van der Waals surface area contributed by atoms with Crippen LogP contribution >= 0.6 is 24.8 Å². The van der Waals surface area contributed by atoms with Gasteiger partial charge in [0.15, 0.2) is 0 Å². The van der Waals surface area contributed by atoms with Gasteiger partial charge in [-0.15, -0.1) is 24.8 Å². The molecule has 0 spiro atoms. The maximum atomic E-state index is 2.92. The molecule has 0 amide bonds. The van der Waals surface area contributed by atoms with Crippen LogP contribution in [-0.4, -0.2) is 6.88 Å². The summed E-state index contributed by atoms with van der Waals surface area (Å²) in [5, 5.41) is 0. The third-order valence-corrected chi connectivity index (χ3v) is 36.6. The number of halogens is 2. The average molecular weight is 1250 g/mol. The van der Waals surface area contributed by atoms with Crippen molar-refractivity contribution in [1.82, 2.24) is 0 Å². The Labute approximate surface area is 522 Å². The zero-order valence-corrected chi connectivity index (χ0v) is 59.1. The molecule has 0 radical (unpaired) electrons. The third-order valence-electron chi connectivity index (χ3n) is 19.2. The van der Waals surface area contributed by atoms with Crippen LogP contribution in [0, 0.1) is 0 Å². The van der Waals surface area contributed by atoms with Gasteiger partial charge in [0.1, 0.15) is 0 Å². The molecule has 0 N–H and O–H groups in total. The number of rotatable bonds is 14. The van der Waals surface area contributed by atoms with Crippen LogP contribution in [0.5, 0.6) is 0 Å². The normalized spacial score (nSPS) is 16.2. The van der Waals surface area contributed by atoms with Gasteiger partial charge in [-0.25, -0.2) is 0 Å². The minimum Gasteiger partial charge on any atom is -0.147 e. The van der Waals surface area contributed by atoms with Crippen molar-refractivity contribution < 1.29 is 17.4 Å². The van der Waals surface area contributed by atoms with Crippen molar-refractivity contribution in [2.75, 3.05) is 0 Å². The van der Waals surface area contributed by atoms with E-state index in [4.69, 9.17) is 0 Å². The summed E-state index contributed by atoms with van der Waals surface area (Å²) in [6.45, 7) is 35.4. The van der Waals surface area contributed by atoms with Gasteiger partial charge in [0.05, 0.1) is 0 Å². The van der Waals surface area contributed by atoms with Crippen molar-refractivity contribution in [2.45, 2.75) is 173 Å². The van der Waals surface area contributed by atoms with Crippen LogP contribution in [0.15, 0.2) is 193 Å². The molecule has 2 aliphatic carbocycles. The summed E-state index contributed by atoms with van der Waals surface area (Å²) < 4.78 is 6.34. The first-order valence-corrected chi connectivity index (χ1v) is 44.7. The summed E-state index contributed by atoms with van der Waals surface area (Å²) in [5.74, 6) is 0.769. The molecule has 0 heterocycles. The van der Waals surface area contributed by atoms with Crippen molar-refractivity contribution in [2.24, 2.45) is 0 Å². The van der Waals surface area contributed by atoms with Gasteiger partial charge in [-0.2, -0.15) is 0 Å². The van der Waals surface area contributed by atoms with E-state index in [0.717, 1.165) is 25.7 Å². The molecule has 10 rings (SSSR count). The molecule has 0 saturated carbocycles. The Balaban J connectivity index is 0.00000460. The van der Waals surface area contributed by atoms with Crippen LogP contribution in [-0.2, 0) is 39.1 Å². The van der Waals surface area contributed by atoms with Gasteiger partial charge in [-0.3, -0.25) is 0 Å². The standard InChI is InChI=1S/2C39H43.2CH3.2ClH.H2Si.Zr/c2*1-8-28(29-12-10-9-11-13-29)24-27-25-36-34(30-14-18-32(19-15-30)38(2,3)4)22-23-35(37(36)26-27)31-16-20-33(21-17-31)39(5,6)7;;;;;;/h2*9-23,25-26,28H,8,24H2,1-7H3;2*1H3;2*1H;1H2;. The minimum atomic E-state index is -4.63. The van der Waals surface area contributed by atoms with Gasteiger partial charge in [0.2, 0.25) is 0 Å². The van der Waals surface area contributed by atoms with Crippen molar-refractivity contribution in [3.8, 4) is 44.5 Å². The molecule has 0 aromatic heterocycles. The summed E-state index contributed by atoms with van der Waals surface area (Å²) in [6, 6.07) is 71.7. The first-order valence-electron chi connectivity index (χ1n) is 31.0. The van der Waals surface area contributed by atoms with E-state index >= 15 is 0 Å². The van der Waals surface area contributed by atoms with Crippen LogP contribution < -0.4 is 0 Å². The third kappa shape index (κ3) is 13.0. The molecule has 8 aromatic carbocycles. The SMILES string of the molecule is CCC(CC1=Cc2c(-c3ccc(C(C)(C)C)cc3)ccc(-c3ccc(C(C)(C)C)cc3)c2[CH]1[Zr]([CH3])([CH3])(=[SiH2])[CH]1C(CC(CC)c2ccccc2)=Cc2c(-c3ccc(C(C)(C)C)cc3)ccc(-c3ccc(C(C)(C)C)cc3)c21)c1ccccc1.Cl.Cl. The van der Waals surface area contributed by atoms with Gasteiger partial charge < -0.3 is 0 Å². The largest absolute Gasteiger partial charge is 0.147 e. The maximum Gasteiger partial charge on any atom is -0.147 e. The fourth-order valence-corrected chi connectivity index (χ4v) is 33.9. The summed E-state index contributed by atoms with van der Waals surface area (Å²) in [4.78, 5) is 0. The molecule has 0 saturated heterocycles. The number of hydrogen-bond acceptors (Lipinski definition) is 0.